The summed E-state index contributed by atoms with van der Waals surface area (Å²) in [6, 6.07) is 0. The van der Waals surface area contributed by atoms with Crippen molar-refractivity contribution in [2.75, 3.05) is 19.6 Å². The minimum Gasteiger partial charge on any atom is -1.00 e. The van der Waals surface area contributed by atoms with E-state index in [1.807, 2.05) is 0 Å². The van der Waals surface area contributed by atoms with Crippen LogP contribution in [0.4, 0.5) is 0 Å². The molecule has 38 heavy (non-hydrogen) atoms. The van der Waals surface area contributed by atoms with Crippen LogP contribution in [0.15, 0.2) is 0 Å². The van der Waals surface area contributed by atoms with Gasteiger partial charge in [-0.15, -0.1) is 0 Å². The van der Waals surface area contributed by atoms with E-state index < -0.39 is 18.3 Å². The Morgan fingerprint density at radius 1 is 0.579 bits per heavy atom. The van der Waals surface area contributed by atoms with E-state index in [4.69, 9.17) is 10.2 Å². The molecule has 9 heteroatoms. The largest absolute Gasteiger partial charge is 1.00 e. The van der Waals surface area contributed by atoms with Gasteiger partial charge in [0.2, 0.25) is 0 Å². The lowest BCUT2D eigenvalue weighted by atomic mass is 10.1. The molecule has 2 unspecified atom stereocenters. The highest BCUT2D eigenvalue weighted by molar-refractivity contribution is 4.54. The smallest absolute Gasteiger partial charge is 0.365 e. The van der Waals surface area contributed by atoms with E-state index >= 15 is 0 Å². The number of hydrogen-bond acceptors (Lipinski definition) is 5. The van der Waals surface area contributed by atoms with Gasteiger partial charge in [-0.1, -0.05) is 117 Å². The maximum Gasteiger partial charge on any atom is 0.365 e. The number of aliphatic hydroxyl groups is 5. The summed E-state index contributed by atoms with van der Waals surface area (Å²) in [5, 5.41) is 47.1. The first kappa shape index (κ1) is 45.3. The molecule has 2 atom stereocenters. The van der Waals surface area contributed by atoms with Gasteiger partial charge in [0.15, 0.2) is 0 Å². The van der Waals surface area contributed by atoms with Gasteiger partial charge in [-0.3, -0.25) is 4.90 Å². The molecule has 0 aliphatic heterocycles. The molecule has 236 valence electrons. The van der Waals surface area contributed by atoms with E-state index in [-0.39, 0.29) is 36.3 Å². The molecule has 0 heterocycles. The third kappa shape index (κ3) is 30.8. The number of aliphatic hydroxyl groups excluding tert-OH is 2. The van der Waals surface area contributed by atoms with Gasteiger partial charge in [0, 0.05) is 0 Å². The number of quaternary nitrogens is 2. The fourth-order valence-corrected chi connectivity index (χ4v) is 4.47. The molecular formula is C29H66Cl2N2O5. The SMILES string of the molecule is CCCCCCCCCCCC[NH+](CC(C)O)C(O)(O)C(O)O.CCCCCCCCCCCC[NH3+].[Cl-].[Cl-]. The minimum atomic E-state index is -2.64. The van der Waals surface area contributed by atoms with Crippen LogP contribution < -0.4 is 35.4 Å². The number of halogens is 2. The first-order chi connectivity index (χ1) is 17.2. The summed E-state index contributed by atoms with van der Waals surface area (Å²) in [7, 11) is 0. The van der Waals surface area contributed by atoms with Gasteiger partial charge >= 0.3 is 5.91 Å². The van der Waals surface area contributed by atoms with Gasteiger partial charge in [0.1, 0.15) is 12.6 Å². The van der Waals surface area contributed by atoms with E-state index in [2.05, 4.69) is 19.6 Å². The zero-order chi connectivity index (χ0) is 27.5. The molecule has 0 bridgehead atoms. The maximum absolute atomic E-state index is 9.75. The molecule has 0 saturated carbocycles. The quantitative estimate of drug-likeness (QED) is 0.0457. The highest BCUT2D eigenvalue weighted by Crippen LogP contribution is 2.11. The standard InChI is InChI=1S/C17H37NO5.C12H27N.2ClH/c1-3-4-5-6-7-8-9-10-11-12-13-18(14-15(2)19)17(22,23)16(20)21;1-2-3-4-5-6-7-8-9-10-11-12-13;;/h15-16,19-23H,3-14H2,1-2H3;2-13H2,1H3;2*1H. The number of nitrogens with one attached hydrogen (secondary N) is 1. The van der Waals surface area contributed by atoms with Crippen LogP contribution in [0, 0.1) is 0 Å². The van der Waals surface area contributed by atoms with Crippen molar-refractivity contribution in [3.8, 4) is 0 Å². The minimum absolute atomic E-state index is 0. The normalized spacial score (nSPS) is 12.8. The second-order valence-corrected chi connectivity index (χ2v) is 10.7. The Morgan fingerprint density at radius 3 is 1.18 bits per heavy atom. The van der Waals surface area contributed by atoms with Crippen molar-refractivity contribution in [1.29, 1.82) is 0 Å². The monoisotopic (exact) mass is 592 g/mol. The van der Waals surface area contributed by atoms with Crippen LogP contribution in [0.3, 0.4) is 0 Å². The third-order valence-corrected chi connectivity index (χ3v) is 6.86. The summed E-state index contributed by atoms with van der Waals surface area (Å²) < 4.78 is 0. The highest BCUT2D eigenvalue weighted by Gasteiger charge is 2.43. The zero-order valence-electron chi connectivity index (χ0n) is 25.1. The van der Waals surface area contributed by atoms with Crippen molar-refractivity contribution in [1.82, 2.24) is 0 Å². The molecule has 0 radical (unpaired) electrons. The lowest BCUT2D eigenvalue weighted by Gasteiger charge is -2.33. The average Bonchev–Trinajstić information content (AvgIpc) is 2.83. The van der Waals surface area contributed by atoms with E-state index in [9.17, 15) is 15.3 Å². The maximum atomic E-state index is 9.75. The summed E-state index contributed by atoms with van der Waals surface area (Å²) in [6.07, 6.45) is 23.0. The van der Waals surface area contributed by atoms with Gasteiger partial charge < -0.3 is 56.1 Å². The molecule has 7 nitrogen and oxygen atoms in total. The molecular weight excluding hydrogens is 527 g/mol. The van der Waals surface area contributed by atoms with Crippen LogP contribution in [0.5, 0.6) is 0 Å². The van der Waals surface area contributed by atoms with Crippen LogP contribution in [-0.2, 0) is 0 Å². The first-order valence-electron chi connectivity index (χ1n) is 15.4. The second-order valence-electron chi connectivity index (χ2n) is 10.7. The van der Waals surface area contributed by atoms with Crippen LogP contribution in [0.25, 0.3) is 0 Å². The van der Waals surface area contributed by atoms with Gasteiger partial charge in [-0.2, -0.15) is 0 Å². The van der Waals surface area contributed by atoms with E-state index in [1.165, 1.54) is 109 Å². The molecule has 0 aromatic heterocycles. The molecule has 0 amide bonds. The zero-order valence-corrected chi connectivity index (χ0v) is 26.6. The number of rotatable bonds is 25. The second kappa shape index (κ2) is 33.5. The Hall–Kier alpha value is 0.300. The molecule has 0 aliphatic rings. The van der Waals surface area contributed by atoms with Gasteiger partial charge in [-0.05, 0) is 32.6 Å². The summed E-state index contributed by atoms with van der Waals surface area (Å²) in [4.78, 5) is 0.182. The predicted octanol–water partition coefficient (Wildman–Crippen LogP) is -2.72. The molecule has 0 aromatic rings. The van der Waals surface area contributed by atoms with Crippen molar-refractivity contribution in [3.63, 3.8) is 0 Å². The molecule has 0 aliphatic carbocycles. The van der Waals surface area contributed by atoms with Crippen molar-refractivity contribution >= 4 is 0 Å². The Morgan fingerprint density at radius 2 is 0.895 bits per heavy atom. The van der Waals surface area contributed by atoms with Crippen molar-refractivity contribution in [3.05, 3.63) is 0 Å². The molecule has 0 spiro atoms. The van der Waals surface area contributed by atoms with Gasteiger partial charge in [0.25, 0.3) is 6.29 Å². The average molecular weight is 594 g/mol. The number of unbranched alkanes of at least 4 members (excludes halogenated alkanes) is 18. The Kier molecular flexibility index (Phi) is 39.9. The van der Waals surface area contributed by atoms with E-state index in [0.29, 0.717) is 6.54 Å². The van der Waals surface area contributed by atoms with Crippen LogP contribution >= 0.6 is 0 Å². The van der Waals surface area contributed by atoms with Crippen molar-refractivity contribution < 1.29 is 61.0 Å². The van der Waals surface area contributed by atoms with Crippen molar-refractivity contribution in [2.24, 2.45) is 0 Å². The van der Waals surface area contributed by atoms with Gasteiger partial charge in [0.05, 0.1) is 13.1 Å². The summed E-state index contributed by atoms with van der Waals surface area (Å²) in [5.74, 6) is -2.64. The molecule has 0 fully saturated rings. The van der Waals surface area contributed by atoms with E-state index in [0.717, 1.165) is 25.8 Å². The van der Waals surface area contributed by atoms with Crippen LogP contribution in [-0.4, -0.2) is 63.5 Å². The lowest BCUT2D eigenvalue weighted by molar-refractivity contribution is -1.02. The van der Waals surface area contributed by atoms with E-state index in [1.54, 1.807) is 6.92 Å². The third-order valence-electron chi connectivity index (χ3n) is 6.86. The molecule has 0 rings (SSSR count). The van der Waals surface area contributed by atoms with Gasteiger partial charge in [-0.25, -0.2) is 0 Å². The first-order valence-corrected chi connectivity index (χ1v) is 15.4. The Balaban J connectivity index is -0.000000331. The summed E-state index contributed by atoms with van der Waals surface area (Å²) in [6.45, 7) is 7.59. The van der Waals surface area contributed by atoms with Crippen LogP contribution in [0.2, 0.25) is 0 Å². The lowest BCUT2D eigenvalue weighted by Crippen LogP contribution is -3.23. The molecule has 9 N–H and O–H groups in total. The summed E-state index contributed by atoms with van der Waals surface area (Å²) >= 11 is 0. The fourth-order valence-electron chi connectivity index (χ4n) is 4.47. The predicted molar refractivity (Wildman–Crippen MR) is 149 cm³/mol. The molecule has 0 aromatic carbocycles. The highest BCUT2D eigenvalue weighted by atomic mass is 35.5. The molecule has 0 saturated heterocycles. The Bertz CT molecular complexity index is 424. The fraction of sp³-hybridized carbons (Fsp3) is 1.00. The topological polar surface area (TPSA) is 133 Å². The number of hydrogen-bond donors (Lipinski definition) is 7. The van der Waals surface area contributed by atoms with Crippen LogP contribution in [0.1, 0.15) is 149 Å². The van der Waals surface area contributed by atoms with Crippen molar-refractivity contribution in [2.45, 2.75) is 167 Å². The Labute approximate surface area is 247 Å². The summed E-state index contributed by atoms with van der Waals surface area (Å²) in [5.41, 5.74) is 3.85.